The number of ether oxygens (including phenoxy) is 1. The number of nitrogens with one attached hydrogen (secondary N) is 1. The fourth-order valence-electron chi connectivity index (χ4n) is 6.75. The highest BCUT2D eigenvalue weighted by Gasteiger charge is 2.38. The number of rotatable bonds is 0. The first-order chi connectivity index (χ1) is 19.1. The maximum Gasteiger partial charge on any atom is 0.264 e. The number of sulfonamides is 1. The monoisotopic (exact) mass is 588 g/mol. The van der Waals surface area contributed by atoms with Crippen LogP contribution >= 0.6 is 11.6 Å². The van der Waals surface area contributed by atoms with Crippen molar-refractivity contribution in [2.45, 2.75) is 71.5 Å². The second kappa shape index (κ2) is 12.3. The maximum absolute atomic E-state index is 13.2. The number of hydrogen-bond donors (Lipinski definition) is 2. The molecule has 0 spiro atoms. The highest BCUT2D eigenvalue weighted by molar-refractivity contribution is 7.90. The fourth-order valence-corrected chi connectivity index (χ4v) is 8.31. The Labute approximate surface area is 243 Å². The Balaban J connectivity index is 1.52. The van der Waals surface area contributed by atoms with Gasteiger partial charge in [0.15, 0.2) is 0 Å². The number of aryl methyl sites for hydroxylation is 1. The van der Waals surface area contributed by atoms with Gasteiger partial charge < -0.3 is 14.7 Å². The van der Waals surface area contributed by atoms with Crippen molar-refractivity contribution < 1.29 is 23.1 Å². The van der Waals surface area contributed by atoms with Crippen LogP contribution in [-0.4, -0.2) is 44.4 Å². The molecule has 2 N–H and O–H groups in total. The van der Waals surface area contributed by atoms with Crippen LogP contribution in [0.15, 0.2) is 36.4 Å². The average Bonchev–Trinajstić information content (AvgIpc) is 2.88. The molecule has 1 saturated carbocycles. The number of benzene rings is 2. The van der Waals surface area contributed by atoms with E-state index in [-0.39, 0.29) is 29.1 Å². The van der Waals surface area contributed by atoms with Crippen LogP contribution in [-0.2, 0) is 23.1 Å². The quantitative estimate of drug-likeness (QED) is 0.417. The third-order valence-electron chi connectivity index (χ3n) is 8.86. The summed E-state index contributed by atoms with van der Waals surface area (Å²) in [5, 5.41) is 11.9. The van der Waals surface area contributed by atoms with Gasteiger partial charge in [0.25, 0.3) is 5.91 Å². The van der Waals surface area contributed by atoms with E-state index in [1.807, 2.05) is 25.1 Å². The van der Waals surface area contributed by atoms with Gasteiger partial charge in [0, 0.05) is 23.7 Å². The molecule has 0 radical (unpaired) electrons. The minimum Gasteiger partial charge on any atom is -0.487 e. The molecule has 0 unspecified atom stereocenters. The Morgan fingerprint density at radius 3 is 2.62 bits per heavy atom. The van der Waals surface area contributed by atoms with E-state index in [2.05, 4.69) is 16.5 Å². The number of nitrogens with zero attached hydrogens (tertiary/aromatic N) is 1. The van der Waals surface area contributed by atoms with E-state index in [1.54, 1.807) is 18.2 Å². The van der Waals surface area contributed by atoms with Crippen LogP contribution in [0.1, 0.15) is 73.9 Å². The summed E-state index contributed by atoms with van der Waals surface area (Å²) in [6.45, 7) is 5.86. The first-order valence-electron chi connectivity index (χ1n) is 14.6. The van der Waals surface area contributed by atoms with Crippen molar-refractivity contribution in [3.8, 4) is 5.75 Å². The van der Waals surface area contributed by atoms with E-state index in [0.29, 0.717) is 36.1 Å². The largest absolute Gasteiger partial charge is 0.487 e. The number of aliphatic hydroxyl groups excluding tert-OH is 1. The lowest BCUT2D eigenvalue weighted by atomic mass is 9.68. The van der Waals surface area contributed by atoms with Crippen LogP contribution in [0.4, 0.5) is 5.69 Å². The number of amides is 1. The van der Waals surface area contributed by atoms with E-state index in [4.69, 9.17) is 16.3 Å². The summed E-state index contributed by atoms with van der Waals surface area (Å²) in [6, 6.07) is 11.1. The van der Waals surface area contributed by atoms with Gasteiger partial charge in [-0.15, -0.1) is 0 Å². The Morgan fingerprint density at radius 2 is 1.85 bits per heavy atom. The zero-order chi connectivity index (χ0) is 28.4. The van der Waals surface area contributed by atoms with Crippen LogP contribution in [0.2, 0.25) is 5.02 Å². The standard InChI is InChI=1S/C31H41ClN2O5S/c1-20-13-21(2)19-40(37,38)33-31(36)23-8-11-30-28(16-23)34(17-24-7-10-27(24)29(35)14-20)12-4-3-5-22-15-26(32)9-6-25(22)18-39-30/h6,8-9,11,15-16,20-21,24,27,29,35H,3-5,7,10,12-14,17-19H2,1-2H3,(H,33,36)/t20-,21-,24+,27-,29+/m1/s1. The SMILES string of the molecule is C[C@@H]1C[C@@H](C)CS(=O)(=O)NC(=O)c2ccc3c(c2)N(CCCCc2cc(Cl)ccc2CO3)C[C@@H]2CC[C@H]2[C@@H](O)C1. The topological polar surface area (TPSA) is 95.9 Å². The summed E-state index contributed by atoms with van der Waals surface area (Å²) < 4.78 is 34.4. The molecule has 2 aromatic carbocycles. The lowest BCUT2D eigenvalue weighted by Crippen LogP contribution is -2.44. The van der Waals surface area contributed by atoms with Gasteiger partial charge in [0.2, 0.25) is 10.0 Å². The Kier molecular flexibility index (Phi) is 8.98. The van der Waals surface area contributed by atoms with Gasteiger partial charge in [-0.1, -0.05) is 31.5 Å². The fraction of sp³-hybridized carbons (Fsp3) is 0.581. The highest BCUT2D eigenvalue weighted by Crippen LogP contribution is 2.42. The number of fused-ring (bicyclic) bond motifs is 3. The summed E-state index contributed by atoms with van der Waals surface area (Å²) >= 11 is 6.30. The summed E-state index contributed by atoms with van der Waals surface area (Å²) in [7, 11) is -3.82. The van der Waals surface area contributed by atoms with Gasteiger partial charge in [-0.2, -0.15) is 0 Å². The zero-order valence-electron chi connectivity index (χ0n) is 23.4. The van der Waals surface area contributed by atoms with E-state index in [0.717, 1.165) is 56.4 Å². The number of carbonyl (C=O) groups is 1. The van der Waals surface area contributed by atoms with E-state index < -0.39 is 22.0 Å². The molecule has 0 saturated heterocycles. The normalized spacial score (nSPS) is 29.4. The molecule has 218 valence electrons. The number of aliphatic hydroxyl groups is 1. The third kappa shape index (κ3) is 6.94. The maximum atomic E-state index is 13.2. The van der Waals surface area contributed by atoms with Crippen molar-refractivity contribution >= 4 is 33.2 Å². The van der Waals surface area contributed by atoms with Gasteiger partial charge in [-0.25, -0.2) is 13.1 Å². The molecule has 2 aromatic rings. The van der Waals surface area contributed by atoms with Crippen LogP contribution in [0.25, 0.3) is 0 Å². The number of carbonyl (C=O) groups excluding carboxylic acids is 1. The van der Waals surface area contributed by atoms with E-state index >= 15 is 0 Å². The minimum atomic E-state index is -3.82. The van der Waals surface area contributed by atoms with Gasteiger partial charge >= 0.3 is 0 Å². The molecular weight excluding hydrogens is 548 g/mol. The molecule has 2 aliphatic heterocycles. The van der Waals surface area contributed by atoms with Crippen molar-refractivity contribution in [2.24, 2.45) is 23.7 Å². The molecule has 40 heavy (non-hydrogen) atoms. The zero-order valence-corrected chi connectivity index (χ0v) is 25.0. The van der Waals surface area contributed by atoms with Gasteiger partial charge in [0.1, 0.15) is 12.4 Å². The van der Waals surface area contributed by atoms with Crippen LogP contribution in [0, 0.1) is 23.7 Å². The first-order valence-corrected chi connectivity index (χ1v) is 16.6. The Hall–Kier alpha value is -2.29. The summed E-state index contributed by atoms with van der Waals surface area (Å²) in [6.07, 6.45) is 5.79. The Morgan fingerprint density at radius 1 is 1.02 bits per heavy atom. The molecular formula is C31H41ClN2O5S. The molecule has 7 nitrogen and oxygen atoms in total. The molecule has 0 aromatic heterocycles. The number of hydrogen-bond acceptors (Lipinski definition) is 6. The highest BCUT2D eigenvalue weighted by atomic mass is 35.5. The Bertz CT molecular complexity index is 1330. The van der Waals surface area contributed by atoms with Gasteiger partial charge in [0.05, 0.1) is 17.5 Å². The van der Waals surface area contributed by atoms with Crippen molar-refractivity contribution in [3.05, 3.63) is 58.1 Å². The third-order valence-corrected chi connectivity index (χ3v) is 10.6. The minimum absolute atomic E-state index is 0.130. The number of anilines is 1. The van der Waals surface area contributed by atoms with Crippen LogP contribution in [0.5, 0.6) is 5.75 Å². The molecule has 2 bridgehead atoms. The van der Waals surface area contributed by atoms with Crippen molar-refractivity contribution in [1.29, 1.82) is 0 Å². The van der Waals surface area contributed by atoms with Crippen LogP contribution in [0.3, 0.4) is 0 Å². The summed E-state index contributed by atoms with van der Waals surface area (Å²) in [5.41, 5.74) is 3.34. The lowest BCUT2D eigenvalue weighted by Gasteiger charge is -2.44. The molecule has 3 aliphatic rings. The molecule has 1 aliphatic carbocycles. The first kappa shape index (κ1) is 29.2. The average molecular weight is 589 g/mol. The molecule has 5 rings (SSSR count). The van der Waals surface area contributed by atoms with E-state index in [1.165, 1.54) is 5.56 Å². The second-order valence-electron chi connectivity index (χ2n) is 12.3. The van der Waals surface area contributed by atoms with E-state index in [9.17, 15) is 18.3 Å². The molecule has 5 atom stereocenters. The van der Waals surface area contributed by atoms with Crippen molar-refractivity contribution in [3.63, 3.8) is 0 Å². The lowest BCUT2D eigenvalue weighted by molar-refractivity contribution is 0.000858. The number of halogens is 1. The van der Waals surface area contributed by atoms with Crippen molar-refractivity contribution in [2.75, 3.05) is 23.7 Å². The molecule has 9 heteroatoms. The smallest absolute Gasteiger partial charge is 0.264 e. The predicted molar refractivity (Wildman–Crippen MR) is 158 cm³/mol. The molecule has 1 fully saturated rings. The summed E-state index contributed by atoms with van der Waals surface area (Å²) in [5.74, 6) is 0.518. The predicted octanol–water partition coefficient (Wildman–Crippen LogP) is 5.57. The molecule has 2 heterocycles. The second-order valence-corrected chi connectivity index (χ2v) is 14.5. The molecule has 1 amide bonds. The van der Waals surface area contributed by atoms with Crippen LogP contribution < -0.4 is 14.4 Å². The van der Waals surface area contributed by atoms with Crippen molar-refractivity contribution in [1.82, 2.24) is 4.72 Å². The van der Waals surface area contributed by atoms with Gasteiger partial charge in [-0.3, -0.25) is 4.79 Å². The van der Waals surface area contributed by atoms with Gasteiger partial charge in [-0.05, 0) is 110 Å². The summed E-state index contributed by atoms with van der Waals surface area (Å²) in [4.78, 5) is 15.5.